The van der Waals surface area contributed by atoms with Crippen molar-refractivity contribution in [1.29, 1.82) is 0 Å². The van der Waals surface area contributed by atoms with E-state index in [0.717, 1.165) is 6.42 Å². The molecule has 3 rings (SSSR count). The molecule has 9 heteroatoms. The van der Waals surface area contributed by atoms with E-state index in [1.807, 2.05) is 4.90 Å². The summed E-state index contributed by atoms with van der Waals surface area (Å²) in [5.74, 6) is 1.17. The molecule has 2 aromatic rings. The molecule has 2 atom stereocenters. The van der Waals surface area contributed by atoms with Crippen LogP contribution in [0.2, 0.25) is 5.02 Å². The van der Waals surface area contributed by atoms with Crippen LogP contribution in [0.1, 0.15) is 20.3 Å². The third kappa shape index (κ3) is 3.96. The Morgan fingerprint density at radius 3 is 2.42 bits per heavy atom. The van der Waals surface area contributed by atoms with Crippen molar-refractivity contribution in [3.8, 4) is 0 Å². The van der Waals surface area contributed by atoms with Gasteiger partial charge in [0.15, 0.2) is 0 Å². The molecule has 3 N–H and O–H groups in total. The zero-order valence-corrected chi connectivity index (χ0v) is 15.4. The van der Waals surface area contributed by atoms with Gasteiger partial charge >= 0.3 is 5.69 Å². The summed E-state index contributed by atoms with van der Waals surface area (Å²) in [6, 6.07) is 7.00. The zero-order chi connectivity index (χ0) is 18.8. The first kappa shape index (κ1) is 18.2. The minimum atomic E-state index is -0.513. The monoisotopic (exact) mass is 376 g/mol. The molecule has 0 aliphatic carbocycles. The molecule has 0 spiro atoms. The first-order chi connectivity index (χ1) is 12.3. The van der Waals surface area contributed by atoms with Crippen LogP contribution in [0, 0.1) is 22.0 Å². The summed E-state index contributed by atoms with van der Waals surface area (Å²) in [6.07, 6.45) is 1.08. The van der Waals surface area contributed by atoms with Gasteiger partial charge in [-0.2, -0.15) is 9.97 Å². The molecule has 138 valence electrons. The Balaban J connectivity index is 1.99. The van der Waals surface area contributed by atoms with Crippen molar-refractivity contribution in [2.75, 3.05) is 29.0 Å². The number of nitrogens with one attached hydrogen (secondary N) is 1. The number of halogens is 1. The number of nitrogens with zero attached hydrogens (tertiary/aromatic N) is 4. The maximum Gasteiger partial charge on any atom is 0.353 e. The van der Waals surface area contributed by atoms with Gasteiger partial charge in [0, 0.05) is 23.8 Å². The molecule has 0 saturated carbocycles. The average Bonchev–Trinajstić information content (AvgIpc) is 2.55. The van der Waals surface area contributed by atoms with Crippen molar-refractivity contribution in [1.82, 2.24) is 9.97 Å². The van der Waals surface area contributed by atoms with Gasteiger partial charge in [0.1, 0.15) is 0 Å². The van der Waals surface area contributed by atoms with E-state index in [1.54, 1.807) is 24.3 Å². The van der Waals surface area contributed by atoms with Crippen LogP contribution in [-0.2, 0) is 0 Å². The molecule has 8 nitrogen and oxygen atoms in total. The highest BCUT2D eigenvalue weighted by molar-refractivity contribution is 6.30. The maximum atomic E-state index is 11.5. The number of nitrogens with two attached hydrogens (primary N) is 1. The first-order valence-electron chi connectivity index (χ1n) is 8.43. The van der Waals surface area contributed by atoms with Gasteiger partial charge in [-0.25, -0.2) is 0 Å². The van der Waals surface area contributed by atoms with E-state index in [-0.39, 0.29) is 23.3 Å². The number of piperidine rings is 1. The second kappa shape index (κ2) is 7.33. The van der Waals surface area contributed by atoms with Gasteiger partial charge in [0.05, 0.1) is 4.92 Å². The number of benzene rings is 1. The normalized spacial score (nSPS) is 20.0. The first-order valence-corrected chi connectivity index (χ1v) is 8.80. The summed E-state index contributed by atoms with van der Waals surface area (Å²) in [4.78, 5) is 21.4. The van der Waals surface area contributed by atoms with Crippen LogP contribution < -0.4 is 16.0 Å². The van der Waals surface area contributed by atoms with Gasteiger partial charge in [0.2, 0.25) is 17.6 Å². The molecule has 1 aliphatic heterocycles. The van der Waals surface area contributed by atoms with E-state index in [0.29, 0.717) is 35.6 Å². The fourth-order valence-electron chi connectivity index (χ4n) is 3.41. The lowest BCUT2D eigenvalue weighted by molar-refractivity contribution is -0.383. The molecule has 0 radical (unpaired) electrons. The average molecular weight is 377 g/mol. The standard InChI is InChI=1S/C17H21ClN6O2/c1-10-7-11(2)9-23(8-10)16-14(24(25)26)15(19)21-17(22-16)20-13-5-3-12(18)4-6-13/h3-6,10-11H,7-9H2,1-2H3,(H3,19,20,21,22). The van der Waals surface area contributed by atoms with Crippen molar-refractivity contribution >= 4 is 40.6 Å². The summed E-state index contributed by atoms with van der Waals surface area (Å²) >= 11 is 5.89. The molecule has 1 aromatic carbocycles. The van der Waals surface area contributed by atoms with Crippen LogP contribution in [0.15, 0.2) is 24.3 Å². The number of anilines is 4. The van der Waals surface area contributed by atoms with Crippen molar-refractivity contribution in [3.05, 3.63) is 39.4 Å². The highest BCUT2D eigenvalue weighted by Crippen LogP contribution is 2.35. The quantitative estimate of drug-likeness (QED) is 0.615. The predicted octanol–water partition coefficient (Wildman–Crippen LogP) is 3.85. The summed E-state index contributed by atoms with van der Waals surface area (Å²) in [7, 11) is 0. The second-order valence-electron chi connectivity index (χ2n) is 6.84. The molecule has 2 unspecified atom stereocenters. The molecule has 1 fully saturated rings. The Morgan fingerprint density at radius 2 is 1.85 bits per heavy atom. The van der Waals surface area contributed by atoms with Crippen molar-refractivity contribution in [2.24, 2.45) is 11.8 Å². The Labute approximate surface area is 156 Å². The fraction of sp³-hybridized carbons (Fsp3) is 0.412. The zero-order valence-electron chi connectivity index (χ0n) is 14.6. The van der Waals surface area contributed by atoms with Gasteiger partial charge in [-0.15, -0.1) is 0 Å². The van der Waals surface area contributed by atoms with E-state index in [9.17, 15) is 10.1 Å². The van der Waals surface area contributed by atoms with E-state index >= 15 is 0 Å². The molecule has 0 amide bonds. The molecular weight excluding hydrogens is 356 g/mol. The molecular formula is C17H21ClN6O2. The Bertz CT molecular complexity index is 804. The van der Waals surface area contributed by atoms with Crippen molar-refractivity contribution < 1.29 is 4.92 Å². The lowest BCUT2D eigenvalue weighted by Gasteiger charge is -2.35. The Kier molecular flexibility index (Phi) is 5.13. The lowest BCUT2D eigenvalue weighted by atomic mass is 9.92. The van der Waals surface area contributed by atoms with Crippen LogP contribution in [0.4, 0.5) is 29.0 Å². The molecule has 0 bridgehead atoms. The molecule has 26 heavy (non-hydrogen) atoms. The summed E-state index contributed by atoms with van der Waals surface area (Å²) in [6.45, 7) is 5.65. The Hall–Kier alpha value is -2.61. The molecule has 1 aliphatic rings. The van der Waals surface area contributed by atoms with E-state index in [2.05, 4.69) is 29.1 Å². The Morgan fingerprint density at radius 1 is 1.23 bits per heavy atom. The SMILES string of the molecule is CC1CC(C)CN(c2nc(Nc3ccc(Cl)cc3)nc(N)c2[N+](=O)[O-])C1. The summed E-state index contributed by atoms with van der Waals surface area (Å²) in [5.41, 5.74) is 6.37. The number of hydrogen-bond donors (Lipinski definition) is 2. The van der Waals surface area contributed by atoms with Crippen LogP contribution in [-0.4, -0.2) is 28.0 Å². The van der Waals surface area contributed by atoms with Crippen LogP contribution in [0.5, 0.6) is 0 Å². The maximum absolute atomic E-state index is 11.5. The second-order valence-corrected chi connectivity index (χ2v) is 7.28. The van der Waals surface area contributed by atoms with Crippen LogP contribution in [0.3, 0.4) is 0 Å². The van der Waals surface area contributed by atoms with Gasteiger partial charge in [0.25, 0.3) is 0 Å². The van der Waals surface area contributed by atoms with E-state index < -0.39 is 4.92 Å². The minimum absolute atomic E-state index is 0.151. The van der Waals surface area contributed by atoms with Crippen LogP contribution >= 0.6 is 11.6 Å². The van der Waals surface area contributed by atoms with Gasteiger partial charge in [-0.1, -0.05) is 25.4 Å². The predicted molar refractivity (Wildman–Crippen MR) is 103 cm³/mol. The molecule has 2 heterocycles. The largest absolute Gasteiger partial charge is 0.378 e. The smallest absolute Gasteiger partial charge is 0.353 e. The highest BCUT2D eigenvalue weighted by Gasteiger charge is 2.31. The number of nitrogen functional groups attached to an aromatic ring is 1. The summed E-state index contributed by atoms with van der Waals surface area (Å²) < 4.78 is 0. The molecule has 1 aromatic heterocycles. The van der Waals surface area contributed by atoms with Crippen molar-refractivity contribution in [2.45, 2.75) is 20.3 Å². The van der Waals surface area contributed by atoms with Crippen LogP contribution in [0.25, 0.3) is 0 Å². The lowest BCUT2D eigenvalue weighted by Crippen LogP contribution is -2.39. The van der Waals surface area contributed by atoms with Gasteiger partial charge in [-0.3, -0.25) is 10.1 Å². The summed E-state index contributed by atoms with van der Waals surface area (Å²) in [5, 5.41) is 15.2. The highest BCUT2D eigenvalue weighted by atomic mass is 35.5. The van der Waals surface area contributed by atoms with Gasteiger partial charge < -0.3 is 16.0 Å². The third-order valence-corrected chi connectivity index (χ3v) is 4.60. The third-order valence-electron chi connectivity index (χ3n) is 4.34. The number of aromatic nitrogens is 2. The van der Waals surface area contributed by atoms with Crippen molar-refractivity contribution in [3.63, 3.8) is 0 Å². The number of hydrogen-bond acceptors (Lipinski definition) is 7. The molecule has 1 saturated heterocycles. The van der Waals surface area contributed by atoms with E-state index in [4.69, 9.17) is 17.3 Å². The number of rotatable bonds is 4. The minimum Gasteiger partial charge on any atom is -0.378 e. The van der Waals surface area contributed by atoms with Gasteiger partial charge in [-0.05, 0) is 42.5 Å². The number of nitro groups is 1. The van der Waals surface area contributed by atoms with E-state index in [1.165, 1.54) is 0 Å². The topological polar surface area (TPSA) is 110 Å². The fourth-order valence-corrected chi connectivity index (χ4v) is 3.54.